The summed E-state index contributed by atoms with van der Waals surface area (Å²) in [6.07, 6.45) is 0. The summed E-state index contributed by atoms with van der Waals surface area (Å²) in [5.41, 5.74) is -0.502. The van der Waals surface area contributed by atoms with Gasteiger partial charge in [0.15, 0.2) is 17.2 Å². The Bertz CT molecular complexity index is 743. The second-order valence-corrected chi connectivity index (χ2v) is 4.20. The minimum atomic E-state index is -1.29. The van der Waals surface area contributed by atoms with E-state index in [4.69, 9.17) is 19.3 Å². The number of nitrogens with one attached hydrogen (secondary N) is 1. The maximum Gasteiger partial charge on any atom is 0.354 e. The number of aromatic nitrogens is 2. The van der Waals surface area contributed by atoms with Gasteiger partial charge >= 0.3 is 5.97 Å². The van der Waals surface area contributed by atoms with Crippen molar-refractivity contribution < 1.29 is 24.1 Å². The lowest BCUT2D eigenvalue weighted by Gasteiger charge is -2.13. The maximum atomic E-state index is 11.6. The van der Waals surface area contributed by atoms with Gasteiger partial charge in [-0.05, 0) is 12.1 Å². The molecule has 0 saturated heterocycles. The smallest absolute Gasteiger partial charge is 0.354 e. The number of carbonyl (C=O) groups is 1. The van der Waals surface area contributed by atoms with Crippen LogP contribution in [0.2, 0.25) is 0 Å². The van der Waals surface area contributed by atoms with E-state index in [1.807, 2.05) is 0 Å². The predicted octanol–water partition coefficient (Wildman–Crippen LogP) is 1.16. The number of aromatic amines is 1. The summed E-state index contributed by atoms with van der Waals surface area (Å²) in [4.78, 5) is 29.0. The number of carboxylic acids is 1. The first kappa shape index (κ1) is 15.4. The summed E-state index contributed by atoms with van der Waals surface area (Å²) in [6.45, 7) is 0. The number of rotatable bonds is 5. The van der Waals surface area contributed by atoms with E-state index in [0.717, 1.165) is 6.07 Å². The first-order valence-corrected chi connectivity index (χ1v) is 6.15. The first-order valence-electron chi connectivity index (χ1n) is 6.15. The first-order chi connectivity index (χ1) is 10.5. The largest absolute Gasteiger partial charge is 0.493 e. The van der Waals surface area contributed by atoms with E-state index < -0.39 is 11.5 Å². The molecular formula is C14H14N2O6. The zero-order valence-corrected chi connectivity index (χ0v) is 12.2. The van der Waals surface area contributed by atoms with Gasteiger partial charge in [0, 0.05) is 11.6 Å². The molecule has 0 aliphatic rings. The Hall–Kier alpha value is -3.03. The van der Waals surface area contributed by atoms with E-state index in [1.165, 1.54) is 21.3 Å². The minimum Gasteiger partial charge on any atom is -0.493 e. The van der Waals surface area contributed by atoms with Gasteiger partial charge in [0.25, 0.3) is 5.56 Å². The number of hydrogen-bond acceptors (Lipinski definition) is 6. The van der Waals surface area contributed by atoms with Gasteiger partial charge in [0.1, 0.15) is 5.82 Å². The molecule has 0 bridgehead atoms. The van der Waals surface area contributed by atoms with Crippen molar-refractivity contribution in [1.29, 1.82) is 0 Å². The molecule has 0 aliphatic heterocycles. The summed E-state index contributed by atoms with van der Waals surface area (Å²) in [7, 11) is 4.36. The molecule has 2 aromatic rings. The molecule has 0 amide bonds. The summed E-state index contributed by atoms with van der Waals surface area (Å²) < 4.78 is 15.6. The summed E-state index contributed by atoms with van der Waals surface area (Å²) in [6, 6.07) is 4.03. The number of hydrogen-bond donors (Lipinski definition) is 2. The van der Waals surface area contributed by atoms with E-state index in [0.29, 0.717) is 22.8 Å². The minimum absolute atomic E-state index is 0.0872. The van der Waals surface area contributed by atoms with Crippen LogP contribution in [0.15, 0.2) is 23.0 Å². The maximum absolute atomic E-state index is 11.6. The lowest BCUT2D eigenvalue weighted by Crippen LogP contribution is -2.13. The molecule has 2 rings (SSSR count). The molecular weight excluding hydrogens is 292 g/mol. The van der Waals surface area contributed by atoms with E-state index in [9.17, 15) is 9.59 Å². The Morgan fingerprint density at radius 3 is 2.14 bits per heavy atom. The topological polar surface area (TPSA) is 111 Å². The van der Waals surface area contributed by atoms with Crippen LogP contribution >= 0.6 is 0 Å². The molecule has 2 N–H and O–H groups in total. The van der Waals surface area contributed by atoms with Gasteiger partial charge in [-0.25, -0.2) is 9.78 Å². The fourth-order valence-electron chi connectivity index (χ4n) is 1.92. The fraction of sp³-hybridized carbons (Fsp3) is 0.214. The highest BCUT2D eigenvalue weighted by Gasteiger charge is 2.16. The number of carboxylic acid groups (broad SMARTS) is 1. The Labute approximate surface area is 125 Å². The van der Waals surface area contributed by atoms with Gasteiger partial charge < -0.3 is 24.3 Å². The SMILES string of the molecule is COc1cc(-c2nc(C(=O)O)cc(=O)[nH]2)cc(OC)c1OC. The van der Waals surface area contributed by atoms with Gasteiger partial charge in [0.05, 0.1) is 21.3 Å². The van der Waals surface area contributed by atoms with Gasteiger partial charge in [-0.15, -0.1) is 0 Å². The molecule has 0 saturated carbocycles. The Balaban J connectivity index is 2.67. The third-order valence-electron chi connectivity index (χ3n) is 2.90. The van der Waals surface area contributed by atoms with E-state index in [2.05, 4.69) is 9.97 Å². The molecule has 8 nitrogen and oxygen atoms in total. The van der Waals surface area contributed by atoms with E-state index in [1.54, 1.807) is 12.1 Å². The van der Waals surface area contributed by atoms with Crippen LogP contribution in [0.1, 0.15) is 10.5 Å². The number of nitrogens with zero attached hydrogens (tertiary/aromatic N) is 1. The van der Waals surface area contributed by atoms with Crippen molar-refractivity contribution in [2.45, 2.75) is 0 Å². The predicted molar refractivity (Wildman–Crippen MR) is 76.9 cm³/mol. The van der Waals surface area contributed by atoms with Crippen LogP contribution in [-0.2, 0) is 0 Å². The molecule has 0 radical (unpaired) electrons. The highest BCUT2D eigenvalue weighted by atomic mass is 16.5. The van der Waals surface area contributed by atoms with Crippen LogP contribution in [-0.4, -0.2) is 42.4 Å². The molecule has 0 unspecified atom stereocenters. The standard InChI is InChI=1S/C14H14N2O6/c1-20-9-4-7(5-10(21-2)12(9)22-3)13-15-8(14(18)19)6-11(17)16-13/h4-6H,1-3H3,(H,18,19)(H,15,16,17). The molecule has 1 aromatic carbocycles. The second-order valence-electron chi connectivity index (χ2n) is 4.20. The third kappa shape index (κ3) is 2.85. The van der Waals surface area contributed by atoms with E-state index in [-0.39, 0.29) is 11.5 Å². The Morgan fingerprint density at radius 2 is 1.68 bits per heavy atom. The zero-order chi connectivity index (χ0) is 16.3. The molecule has 0 aliphatic carbocycles. The van der Waals surface area contributed by atoms with Crippen molar-refractivity contribution in [3.05, 3.63) is 34.2 Å². The van der Waals surface area contributed by atoms with Crippen molar-refractivity contribution >= 4 is 5.97 Å². The van der Waals surface area contributed by atoms with Crippen molar-refractivity contribution in [1.82, 2.24) is 9.97 Å². The molecule has 0 fully saturated rings. The highest BCUT2D eigenvalue weighted by molar-refractivity contribution is 5.85. The quantitative estimate of drug-likeness (QED) is 0.852. The molecule has 22 heavy (non-hydrogen) atoms. The van der Waals surface area contributed by atoms with Crippen LogP contribution in [0.25, 0.3) is 11.4 Å². The van der Waals surface area contributed by atoms with Crippen LogP contribution in [0.5, 0.6) is 17.2 Å². The average Bonchev–Trinajstić information content (AvgIpc) is 2.52. The molecule has 0 atom stereocenters. The Morgan fingerprint density at radius 1 is 1.09 bits per heavy atom. The summed E-state index contributed by atoms with van der Waals surface area (Å²) in [5.74, 6) is -0.102. The van der Waals surface area contributed by atoms with Crippen molar-refractivity contribution in [3.8, 4) is 28.6 Å². The average molecular weight is 306 g/mol. The third-order valence-corrected chi connectivity index (χ3v) is 2.90. The van der Waals surface area contributed by atoms with Gasteiger partial charge in [-0.2, -0.15) is 0 Å². The molecule has 0 spiro atoms. The highest BCUT2D eigenvalue weighted by Crippen LogP contribution is 2.40. The number of H-pyrrole nitrogens is 1. The fourth-order valence-corrected chi connectivity index (χ4v) is 1.92. The normalized spacial score (nSPS) is 10.1. The van der Waals surface area contributed by atoms with Crippen molar-refractivity contribution in [2.24, 2.45) is 0 Å². The number of methoxy groups -OCH3 is 3. The summed E-state index contributed by atoms with van der Waals surface area (Å²) >= 11 is 0. The lowest BCUT2D eigenvalue weighted by atomic mass is 10.1. The molecule has 1 heterocycles. The van der Waals surface area contributed by atoms with Crippen molar-refractivity contribution in [2.75, 3.05) is 21.3 Å². The van der Waals surface area contributed by atoms with Crippen LogP contribution in [0.4, 0.5) is 0 Å². The Kier molecular flexibility index (Phi) is 4.31. The van der Waals surface area contributed by atoms with Crippen molar-refractivity contribution in [3.63, 3.8) is 0 Å². The molecule has 1 aromatic heterocycles. The van der Waals surface area contributed by atoms with Gasteiger partial charge in [0.2, 0.25) is 5.75 Å². The monoisotopic (exact) mass is 306 g/mol. The van der Waals surface area contributed by atoms with Gasteiger partial charge in [-0.1, -0.05) is 0 Å². The van der Waals surface area contributed by atoms with Gasteiger partial charge in [-0.3, -0.25) is 4.79 Å². The number of benzene rings is 1. The zero-order valence-electron chi connectivity index (χ0n) is 12.2. The number of ether oxygens (including phenoxy) is 3. The van der Waals surface area contributed by atoms with E-state index >= 15 is 0 Å². The van der Waals surface area contributed by atoms with Crippen LogP contribution < -0.4 is 19.8 Å². The van der Waals surface area contributed by atoms with Crippen LogP contribution in [0.3, 0.4) is 0 Å². The summed E-state index contributed by atoms with van der Waals surface area (Å²) in [5, 5.41) is 8.98. The molecule has 116 valence electrons. The molecule has 8 heteroatoms. The van der Waals surface area contributed by atoms with Crippen LogP contribution in [0, 0.1) is 0 Å². The number of aromatic carboxylic acids is 1. The lowest BCUT2D eigenvalue weighted by molar-refractivity contribution is 0.0690. The second kappa shape index (κ2) is 6.17.